The van der Waals surface area contributed by atoms with Gasteiger partial charge in [0.05, 0.1) is 5.75 Å². The lowest BCUT2D eigenvalue weighted by atomic mass is 10.0. The molecule has 1 aliphatic rings. The summed E-state index contributed by atoms with van der Waals surface area (Å²) in [5, 5.41) is 17.8. The van der Waals surface area contributed by atoms with Crippen molar-refractivity contribution in [3.05, 3.63) is 0 Å². The van der Waals surface area contributed by atoms with Crippen molar-refractivity contribution in [2.75, 3.05) is 37.5 Å². The second-order valence-electron chi connectivity index (χ2n) is 5.15. The molecule has 118 valence electrons. The van der Waals surface area contributed by atoms with Gasteiger partial charge in [-0.25, -0.2) is 0 Å². The average molecular weight is 314 g/mol. The molecule has 1 aliphatic heterocycles. The number of carboxylic acid groups (broad SMARTS) is 1. The highest BCUT2D eigenvalue weighted by molar-refractivity contribution is 7.99. The number of aromatic nitrogens is 3. The predicted octanol–water partition coefficient (Wildman–Crippen LogP) is 1.34. The van der Waals surface area contributed by atoms with E-state index in [4.69, 9.17) is 9.84 Å². The molecular weight excluding hydrogens is 292 g/mol. The van der Waals surface area contributed by atoms with Crippen LogP contribution >= 0.6 is 11.8 Å². The van der Waals surface area contributed by atoms with Crippen molar-refractivity contribution in [3.63, 3.8) is 0 Å². The zero-order chi connectivity index (χ0) is 15.2. The summed E-state index contributed by atoms with van der Waals surface area (Å²) in [5.74, 6) is 0.572. The number of carboxylic acids is 1. The molecule has 0 aliphatic carbocycles. The van der Waals surface area contributed by atoms with Crippen LogP contribution in [-0.4, -0.2) is 58.4 Å². The van der Waals surface area contributed by atoms with E-state index in [0.29, 0.717) is 11.1 Å². The van der Waals surface area contributed by atoms with E-state index < -0.39 is 5.97 Å². The molecule has 1 aromatic heterocycles. The van der Waals surface area contributed by atoms with Gasteiger partial charge in [-0.1, -0.05) is 11.8 Å². The lowest BCUT2D eigenvalue weighted by molar-refractivity contribution is -0.133. The molecule has 0 spiro atoms. The molecule has 0 bridgehead atoms. The first kappa shape index (κ1) is 16.1. The second-order valence-corrected chi connectivity index (χ2v) is 6.09. The quantitative estimate of drug-likeness (QED) is 0.761. The second kappa shape index (κ2) is 7.65. The molecule has 1 fully saturated rings. The highest BCUT2D eigenvalue weighted by Crippen LogP contribution is 2.23. The number of carbonyl (C=O) groups is 1. The standard InChI is InChI=1S/C13H22N4O3S/c1-3-17-12(14-15-13(17)21-9-11(18)19)16(2)8-10-4-6-20-7-5-10/h10H,3-9H2,1-2H3,(H,18,19). The Morgan fingerprint density at radius 2 is 2.19 bits per heavy atom. The summed E-state index contributed by atoms with van der Waals surface area (Å²) in [4.78, 5) is 12.8. The van der Waals surface area contributed by atoms with Gasteiger partial charge in [0.1, 0.15) is 0 Å². The molecule has 0 unspecified atom stereocenters. The fourth-order valence-corrected chi connectivity index (χ4v) is 3.19. The molecule has 1 aromatic rings. The maximum atomic E-state index is 10.7. The Hall–Kier alpha value is -1.28. The minimum Gasteiger partial charge on any atom is -0.481 e. The number of rotatable bonds is 7. The van der Waals surface area contributed by atoms with Gasteiger partial charge in [0.2, 0.25) is 5.95 Å². The predicted molar refractivity (Wildman–Crippen MR) is 80.9 cm³/mol. The van der Waals surface area contributed by atoms with Crippen LogP contribution in [-0.2, 0) is 16.1 Å². The smallest absolute Gasteiger partial charge is 0.313 e. The van der Waals surface area contributed by atoms with Crippen LogP contribution in [0, 0.1) is 5.92 Å². The maximum absolute atomic E-state index is 10.7. The van der Waals surface area contributed by atoms with E-state index in [0.717, 1.165) is 45.1 Å². The molecule has 0 radical (unpaired) electrons. The number of thioether (sulfide) groups is 1. The third-order valence-electron chi connectivity index (χ3n) is 3.55. The van der Waals surface area contributed by atoms with Gasteiger partial charge < -0.3 is 14.7 Å². The van der Waals surface area contributed by atoms with Crippen LogP contribution in [0.4, 0.5) is 5.95 Å². The summed E-state index contributed by atoms with van der Waals surface area (Å²) in [5.41, 5.74) is 0. The van der Waals surface area contributed by atoms with Crippen LogP contribution in [0.15, 0.2) is 5.16 Å². The number of hydrogen-bond acceptors (Lipinski definition) is 6. The third-order valence-corrected chi connectivity index (χ3v) is 4.50. The number of nitrogens with zero attached hydrogens (tertiary/aromatic N) is 4. The first-order valence-electron chi connectivity index (χ1n) is 7.18. The zero-order valence-corrected chi connectivity index (χ0v) is 13.3. The molecular formula is C13H22N4O3S. The number of anilines is 1. The Bertz CT molecular complexity index is 474. The Balaban J connectivity index is 2.02. The lowest BCUT2D eigenvalue weighted by Gasteiger charge is -2.27. The van der Waals surface area contributed by atoms with Crippen LogP contribution in [0.3, 0.4) is 0 Å². The molecule has 7 nitrogen and oxygen atoms in total. The Morgan fingerprint density at radius 1 is 1.48 bits per heavy atom. The Kier molecular flexibility index (Phi) is 5.86. The highest BCUT2D eigenvalue weighted by atomic mass is 32.2. The summed E-state index contributed by atoms with van der Waals surface area (Å²) in [6, 6.07) is 0. The van der Waals surface area contributed by atoms with Crippen LogP contribution in [0.25, 0.3) is 0 Å². The van der Waals surface area contributed by atoms with Gasteiger partial charge in [-0.05, 0) is 25.7 Å². The van der Waals surface area contributed by atoms with Crippen molar-refractivity contribution in [3.8, 4) is 0 Å². The molecule has 2 rings (SSSR count). The van der Waals surface area contributed by atoms with Crippen molar-refractivity contribution < 1.29 is 14.6 Å². The SMILES string of the molecule is CCn1c(SCC(=O)O)nnc1N(C)CC1CCOCC1. The number of ether oxygens (including phenoxy) is 1. The van der Waals surface area contributed by atoms with Gasteiger partial charge in [0.25, 0.3) is 0 Å². The minimum atomic E-state index is -0.845. The van der Waals surface area contributed by atoms with Crippen molar-refractivity contribution in [2.24, 2.45) is 5.92 Å². The first-order valence-corrected chi connectivity index (χ1v) is 8.17. The van der Waals surface area contributed by atoms with E-state index in [9.17, 15) is 4.79 Å². The Labute approximate surface area is 128 Å². The van der Waals surface area contributed by atoms with E-state index in [-0.39, 0.29) is 5.75 Å². The topological polar surface area (TPSA) is 80.5 Å². The number of aliphatic carboxylic acids is 1. The molecule has 8 heteroatoms. The fraction of sp³-hybridized carbons (Fsp3) is 0.769. The van der Waals surface area contributed by atoms with Crippen molar-refractivity contribution in [1.82, 2.24) is 14.8 Å². The molecule has 2 heterocycles. The maximum Gasteiger partial charge on any atom is 0.313 e. The van der Waals surface area contributed by atoms with E-state index in [1.54, 1.807) is 0 Å². The summed E-state index contributed by atoms with van der Waals surface area (Å²) >= 11 is 1.21. The van der Waals surface area contributed by atoms with Crippen LogP contribution in [0.2, 0.25) is 0 Å². The average Bonchev–Trinajstić information content (AvgIpc) is 2.89. The molecule has 0 aromatic carbocycles. The molecule has 0 atom stereocenters. The van der Waals surface area contributed by atoms with Gasteiger partial charge in [-0.2, -0.15) is 0 Å². The van der Waals surface area contributed by atoms with Crippen LogP contribution < -0.4 is 4.90 Å². The lowest BCUT2D eigenvalue weighted by Crippen LogP contribution is -2.31. The molecule has 0 saturated carbocycles. The monoisotopic (exact) mass is 314 g/mol. The zero-order valence-electron chi connectivity index (χ0n) is 12.5. The van der Waals surface area contributed by atoms with Crippen LogP contribution in [0.1, 0.15) is 19.8 Å². The molecule has 1 N–H and O–H groups in total. The first-order chi connectivity index (χ1) is 10.1. The van der Waals surface area contributed by atoms with Crippen LogP contribution in [0.5, 0.6) is 0 Å². The van der Waals surface area contributed by atoms with Crippen molar-refractivity contribution in [2.45, 2.75) is 31.5 Å². The molecule has 21 heavy (non-hydrogen) atoms. The van der Waals surface area contributed by atoms with Gasteiger partial charge in [0, 0.05) is 33.4 Å². The molecule has 1 saturated heterocycles. The van der Waals surface area contributed by atoms with E-state index >= 15 is 0 Å². The summed E-state index contributed by atoms with van der Waals surface area (Å²) in [7, 11) is 2.01. The van der Waals surface area contributed by atoms with Gasteiger partial charge in [-0.3, -0.25) is 9.36 Å². The van der Waals surface area contributed by atoms with Crippen molar-refractivity contribution >= 4 is 23.7 Å². The summed E-state index contributed by atoms with van der Waals surface area (Å²) in [6.45, 7) is 5.32. The minimum absolute atomic E-state index is 0.00180. The summed E-state index contributed by atoms with van der Waals surface area (Å²) < 4.78 is 7.34. The third kappa shape index (κ3) is 4.34. The highest BCUT2D eigenvalue weighted by Gasteiger charge is 2.20. The van der Waals surface area contributed by atoms with Crippen molar-refractivity contribution in [1.29, 1.82) is 0 Å². The van der Waals surface area contributed by atoms with E-state index in [1.807, 2.05) is 18.5 Å². The van der Waals surface area contributed by atoms with Gasteiger partial charge in [0.15, 0.2) is 5.16 Å². The van der Waals surface area contributed by atoms with Gasteiger partial charge >= 0.3 is 5.97 Å². The summed E-state index contributed by atoms with van der Waals surface area (Å²) in [6.07, 6.45) is 2.15. The van der Waals surface area contributed by atoms with E-state index in [1.165, 1.54) is 11.8 Å². The Morgan fingerprint density at radius 3 is 2.81 bits per heavy atom. The van der Waals surface area contributed by atoms with Gasteiger partial charge in [-0.15, -0.1) is 10.2 Å². The van der Waals surface area contributed by atoms with E-state index in [2.05, 4.69) is 15.1 Å². The normalized spacial score (nSPS) is 16.1. The fourth-order valence-electron chi connectivity index (χ4n) is 2.47. The largest absolute Gasteiger partial charge is 0.481 e. The number of hydrogen-bond donors (Lipinski definition) is 1. The molecule has 0 amide bonds.